The zero-order valence-electron chi connectivity index (χ0n) is 9.93. The maximum absolute atomic E-state index is 6.08. The number of hydrogen-bond donors (Lipinski definition) is 1. The Morgan fingerprint density at radius 1 is 1.38 bits per heavy atom. The topological polar surface area (TPSA) is 29.3 Å². The van der Waals surface area contributed by atoms with Gasteiger partial charge in [0, 0.05) is 12.1 Å². The number of nitrogens with zero attached hydrogens (tertiary/aromatic N) is 1. The first kappa shape index (κ1) is 12.9. The van der Waals surface area contributed by atoms with Gasteiger partial charge in [-0.3, -0.25) is 0 Å². The molecule has 0 radical (unpaired) electrons. The van der Waals surface area contributed by atoms with E-state index in [4.69, 9.17) is 5.73 Å². The Hall–Kier alpha value is -0.0800. The molecule has 2 N–H and O–H groups in total. The SMILES string of the molecule is CCC(C)(N)CN(C)CCC(C)C. The second-order valence-electron chi connectivity index (χ2n) is 4.93. The summed E-state index contributed by atoms with van der Waals surface area (Å²) in [5.41, 5.74) is 6.06. The molecular formula is C11H26N2. The van der Waals surface area contributed by atoms with Crippen LogP contribution in [0.1, 0.15) is 40.5 Å². The van der Waals surface area contributed by atoms with Gasteiger partial charge < -0.3 is 10.6 Å². The fourth-order valence-electron chi connectivity index (χ4n) is 1.29. The molecule has 0 bridgehead atoms. The molecule has 2 nitrogen and oxygen atoms in total. The number of rotatable bonds is 6. The number of likely N-dealkylation sites (N-methyl/N-ethyl adjacent to an activating group) is 1. The van der Waals surface area contributed by atoms with Crippen molar-refractivity contribution in [2.75, 3.05) is 20.1 Å². The van der Waals surface area contributed by atoms with Crippen LogP contribution in [0, 0.1) is 5.92 Å². The van der Waals surface area contributed by atoms with Gasteiger partial charge in [0.25, 0.3) is 0 Å². The van der Waals surface area contributed by atoms with Gasteiger partial charge in [-0.1, -0.05) is 20.8 Å². The van der Waals surface area contributed by atoms with Gasteiger partial charge in [-0.2, -0.15) is 0 Å². The first-order chi connectivity index (χ1) is 5.87. The van der Waals surface area contributed by atoms with Crippen LogP contribution in [0.3, 0.4) is 0 Å². The lowest BCUT2D eigenvalue weighted by Crippen LogP contribution is -2.46. The zero-order valence-corrected chi connectivity index (χ0v) is 9.93. The second kappa shape index (κ2) is 5.61. The van der Waals surface area contributed by atoms with Crippen molar-refractivity contribution in [1.29, 1.82) is 0 Å². The van der Waals surface area contributed by atoms with Gasteiger partial charge in [0.1, 0.15) is 0 Å². The maximum atomic E-state index is 6.08. The van der Waals surface area contributed by atoms with Crippen molar-refractivity contribution in [3.05, 3.63) is 0 Å². The monoisotopic (exact) mass is 186 g/mol. The lowest BCUT2D eigenvalue weighted by Gasteiger charge is -2.29. The minimum Gasteiger partial charge on any atom is -0.324 e. The van der Waals surface area contributed by atoms with Gasteiger partial charge in [0.15, 0.2) is 0 Å². The standard InChI is InChI=1S/C11H26N2/c1-6-11(4,12)9-13(5)8-7-10(2)3/h10H,6-9,12H2,1-5H3. The third-order valence-electron chi connectivity index (χ3n) is 2.53. The third-order valence-corrected chi connectivity index (χ3v) is 2.53. The van der Waals surface area contributed by atoms with E-state index in [9.17, 15) is 0 Å². The van der Waals surface area contributed by atoms with Crippen LogP contribution in [0.15, 0.2) is 0 Å². The molecular weight excluding hydrogens is 160 g/mol. The smallest absolute Gasteiger partial charge is 0.0251 e. The van der Waals surface area contributed by atoms with Gasteiger partial charge >= 0.3 is 0 Å². The summed E-state index contributed by atoms with van der Waals surface area (Å²) in [5.74, 6) is 0.785. The Balaban J connectivity index is 3.67. The molecule has 0 aromatic carbocycles. The maximum Gasteiger partial charge on any atom is 0.0251 e. The van der Waals surface area contributed by atoms with Crippen molar-refractivity contribution in [2.45, 2.75) is 46.1 Å². The highest BCUT2D eigenvalue weighted by molar-refractivity contribution is 4.79. The summed E-state index contributed by atoms with van der Waals surface area (Å²) in [7, 11) is 2.16. The molecule has 0 rings (SSSR count). The first-order valence-electron chi connectivity index (χ1n) is 5.35. The summed E-state index contributed by atoms with van der Waals surface area (Å²) in [6.07, 6.45) is 2.30. The molecule has 1 atom stereocenters. The van der Waals surface area contributed by atoms with Crippen LogP contribution in [0.4, 0.5) is 0 Å². The molecule has 0 saturated carbocycles. The van der Waals surface area contributed by atoms with E-state index < -0.39 is 0 Å². The molecule has 13 heavy (non-hydrogen) atoms. The molecule has 0 aliphatic heterocycles. The van der Waals surface area contributed by atoms with E-state index in [0.29, 0.717) is 0 Å². The molecule has 0 amide bonds. The summed E-state index contributed by atoms with van der Waals surface area (Å²) in [6.45, 7) is 10.9. The van der Waals surface area contributed by atoms with Crippen LogP contribution >= 0.6 is 0 Å². The van der Waals surface area contributed by atoms with Crippen molar-refractivity contribution < 1.29 is 0 Å². The molecule has 1 unspecified atom stereocenters. The fourth-order valence-corrected chi connectivity index (χ4v) is 1.29. The van der Waals surface area contributed by atoms with Crippen LogP contribution in [-0.2, 0) is 0 Å². The van der Waals surface area contributed by atoms with Crippen molar-refractivity contribution >= 4 is 0 Å². The first-order valence-corrected chi connectivity index (χ1v) is 5.35. The minimum absolute atomic E-state index is 0.0221. The van der Waals surface area contributed by atoms with Gasteiger partial charge in [-0.25, -0.2) is 0 Å². The predicted octanol–water partition coefficient (Wildman–Crippen LogP) is 2.09. The van der Waals surface area contributed by atoms with E-state index in [0.717, 1.165) is 25.4 Å². The highest BCUT2D eigenvalue weighted by Gasteiger charge is 2.17. The van der Waals surface area contributed by atoms with Crippen molar-refractivity contribution in [3.8, 4) is 0 Å². The molecule has 0 spiro atoms. The highest BCUT2D eigenvalue weighted by Crippen LogP contribution is 2.08. The van der Waals surface area contributed by atoms with Crippen molar-refractivity contribution in [3.63, 3.8) is 0 Å². The normalized spacial score (nSPS) is 16.6. The average Bonchev–Trinajstić information content (AvgIpc) is 2.00. The van der Waals surface area contributed by atoms with Crippen LogP contribution in [0.2, 0.25) is 0 Å². The number of nitrogens with two attached hydrogens (primary N) is 1. The van der Waals surface area contributed by atoms with Gasteiger partial charge in [-0.05, 0) is 39.3 Å². The second-order valence-corrected chi connectivity index (χ2v) is 4.93. The summed E-state index contributed by atoms with van der Waals surface area (Å²) >= 11 is 0. The molecule has 0 saturated heterocycles. The Kier molecular flexibility index (Phi) is 5.57. The third kappa shape index (κ3) is 7.03. The molecule has 0 aromatic rings. The number of hydrogen-bond acceptors (Lipinski definition) is 2. The van der Waals surface area contributed by atoms with E-state index in [1.54, 1.807) is 0 Å². The quantitative estimate of drug-likeness (QED) is 0.688. The summed E-state index contributed by atoms with van der Waals surface area (Å²) in [6, 6.07) is 0. The molecule has 0 heterocycles. The Labute approximate surface area is 83.5 Å². The highest BCUT2D eigenvalue weighted by atomic mass is 15.1. The largest absolute Gasteiger partial charge is 0.324 e. The van der Waals surface area contributed by atoms with Gasteiger partial charge in [0.05, 0.1) is 0 Å². The predicted molar refractivity (Wildman–Crippen MR) is 59.8 cm³/mol. The molecule has 80 valence electrons. The Morgan fingerprint density at radius 2 is 1.92 bits per heavy atom. The molecule has 0 aliphatic rings. The summed E-state index contributed by atoms with van der Waals surface area (Å²) in [4.78, 5) is 2.34. The Morgan fingerprint density at radius 3 is 2.31 bits per heavy atom. The van der Waals surface area contributed by atoms with Gasteiger partial charge in [-0.15, -0.1) is 0 Å². The van der Waals surface area contributed by atoms with E-state index in [-0.39, 0.29) is 5.54 Å². The lowest BCUT2D eigenvalue weighted by molar-refractivity contribution is 0.241. The van der Waals surface area contributed by atoms with E-state index in [2.05, 4.69) is 39.6 Å². The summed E-state index contributed by atoms with van der Waals surface area (Å²) in [5, 5.41) is 0. The van der Waals surface area contributed by atoms with Crippen LogP contribution < -0.4 is 5.73 Å². The van der Waals surface area contributed by atoms with Gasteiger partial charge in [0.2, 0.25) is 0 Å². The molecule has 0 aliphatic carbocycles. The lowest BCUT2D eigenvalue weighted by atomic mass is 10.00. The van der Waals surface area contributed by atoms with Crippen LogP contribution in [-0.4, -0.2) is 30.6 Å². The van der Waals surface area contributed by atoms with E-state index in [1.807, 2.05) is 0 Å². The van der Waals surface area contributed by atoms with Crippen molar-refractivity contribution in [1.82, 2.24) is 4.90 Å². The van der Waals surface area contributed by atoms with Crippen molar-refractivity contribution in [2.24, 2.45) is 11.7 Å². The zero-order chi connectivity index (χ0) is 10.5. The van der Waals surface area contributed by atoms with Crippen LogP contribution in [0.25, 0.3) is 0 Å². The van der Waals surface area contributed by atoms with E-state index in [1.165, 1.54) is 6.42 Å². The minimum atomic E-state index is -0.0221. The van der Waals surface area contributed by atoms with Crippen LogP contribution in [0.5, 0.6) is 0 Å². The average molecular weight is 186 g/mol. The van der Waals surface area contributed by atoms with E-state index >= 15 is 0 Å². The Bertz CT molecular complexity index is 130. The molecule has 2 heteroatoms. The fraction of sp³-hybridized carbons (Fsp3) is 1.00. The molecule has 0 fully saturated rings. The summed E-state index contributed by atoms with van der Waals surface area (Å²) < 4.78 is 0. The molecule has 0 aromatic heterocycles.